The first-order chi connectivity index (χ1) is 8.38. The van der Waals surface area contributed by atoms with Gasteiger partial charge in [0.1, 0.15) is 5.75 Å². The Morgan fingerprint density at radius 3 is 2.59 bits per heavy atom. The number of methoxy groups -OCH3 is 1. The monoisotopic (exact) mass is 247 g/mol. The van der Waals surface area contributed by atoms with E-state index in [0.29, 0.717) is 0 Å². The molecule has 2 aromatic rings. The van der Waals surface area contributed by atoms with Crippen molar-refractivity contribution in [2.45, 2.75) is 13.0 Å². The van der Waals surface area contributed by atoms with Gasteiger partial charge in [-0.15, -0.1) is 0 Å². The molecule has 1 aromatic heterocycles. The Balaban J connectivity index is 1.70. The number of rotatable bonds is 6. The van der Waals surface area contributed by atoms with Crippen LogP contribution in [0.15, 0.2) is 41.1 Å². The number of ether oxygens (including phenoxy) is 1. The van der Waals surface area contributed by atoms with Crippen LogP contribution >= 0.6 is 11.3 Å². The lowest BCUT2D eigenvalue weighted by Gasteiger charge is -2.05. The third-order valence-corrected chi connectivity index (χ3v) is 3.39. The van der Waals surface area contributed by atoms with Crippen molar-refractivity contribution in [2.75, 3.05) is 13.7 Å². The molecule has 0 saturated heterocycles. The topological polar surface area (TPSA) is 21.3 Å². The highest BCUT2D eigenvalue weighted by molar-refractivity contribution is 7.07. The minimum absolute atomic E-state index is 0.909. The fraction of sp³-hybridized carbons (Fsp3) is 0.286. The maximum absolute atomic E-state index is 5.12. The number of hydrogen-bond acceptors (Lipinski definition) is 3. The summed E-state index contributed by atoms with van der Waals surface area (Å²) in [6.45, 7) is 1.93. The normalized spacial score (nSPS) is 10.4. The van der Waals surface area contributed by atoms with E-state index in [4.69, 9.17) is 4.74 Å². The highest BCUT2D eigenvalue weighted by Gasteiger charge is 1.95. The van der Waals surface area contributed by atoms with Crippen molar-refractivity contribution in [3.05, 3.63) is 52.2 Å². The summed E-state index contributed by atoms with van der Waals surface area (Å²) in [6.07, 6.45) is 1.10. The van der Waals surface area contributed by atoms with Crippen molar-refractivity contribution in [2.24, 2.45) is 0 Å². The molecule has 0 spiro atoms. The minimum atomic E-state index is 0.909. The molecule has 1 aromatic carbocycles. The molecule has 1 N–H and O–H groups in total. The first-order valence-electron chi connectivity index (χ1n) is 5.73. The van der Waals surface area contributed by atoms with Gasteiger partial charge in [-0.1, -0.05) is 12.1 Å². The maximum atomic E-state index is 5.12. The predicted octanol–water partition coefficient (Wildman–Crippen LogP) is 3.09. The Labute approximate surface area is 106 Å². The zero-order valence-electron chi connectivity index (χ0n) is 9.98. The molecule has 0 aliphatic rings. The first kappa shape index (κ1) is 12.1. The van der Waals surface area contributed by atoms with Crippen molar-refractivity contribution in [3.8, 4) is 5.75 Å². The summed E-state index contributed by atoms with van der Waals surface area (Å²) >= 11 is 1.76. The average molecular weight is 247 g/mol. The van der Waals surface area contributed by atoms with Gasteiger partial charge >= 0.3 is 0 Å². The lowest BCUT2D eigenvalue weighted by Crippen LogP contribution is -2.16. The number of hydrogen-bond donors (Lipinski definition) is 1. The van der Waals surface area contributed by atoms with Gasteiger partial charge in [-0.2, -0.15) is 11.3 Å². The zero-order valence-corrected chi connectivity index (χ0v) is 10.8. The van der Waals surface area contributed by atoms with Crippen LogP contribution in [0.4, 0.5) is 0 Å². The summed E-state index contributed by atoms with van der Waals surface area (Å²) in [5, 5.41) is 7.77. The number of nitrogens with one attached hydrogen (secondary N) is 1. The smallest absolute Gasteiger partial charge is 0.118 e. The largest absolute Gasteiger partial charge is 0.497 e. The molecule has 90 valence electrons. The number of thiophene rings is 1. The third-order valence-electron chi connectivity index (χ3n) is 2.66. The van der Waals surface area contributed by atoms with Crippen molar-refractivity contribution >= 4 is 11.3 Å². The van der Waals surface area contributed by atoms with Gasteiger partial charge in [0.2, 0.25) is 0 Å². The first-order valence-corrected chi connectivity index (χ1v) is 6.67. The van der Waals surface area contributed by atoms with E-state index in [-0.39, 0.29) is 0 Å². The van der Waals surface area contributed by atoms with Crippen molar-refractivity contribution in [1.29, 1.82) is 0 Å². The van der Waals surface area contributed by atoms with Crippen molar-refractivity contribution < 1.29 is 4.74 Å². The molecular weight excluding hydrogens is 230 g/mol. The molecule has 0 amide bonds. The van der Waals surface area contributed by atoms with Crippen LogP contribution in [-0.2, 0) is 13.0 Å². The van der Waals surface area contributed by atoms with E-state index in [1.165, 1.54) is 11.1 Å². The summed E-state index contributed by atoms with van der Waals surface area (Å²) in [5.74, 6) is 0.909. The molecule has 3 heteroatoms. The lowest BCUT2D eigenvalue weighted by molar-refractivity contribution is 0.414. The van der Waals surface area contributed by atoms with E-state index in [1.807, 2.05) is 12.1 Å². The summed E-state index contributed by atoms with van der Waals surface area (Å²) in [7, 11) is 1.69. The molecule has 0 bridgehead atoms. The second-order valence-corrected chi connectivity index (χ2v) is 4.69. The van der Waals surface area contributed by atoms with Gasteiger partial charge < -0.3 is 10.1 Å². The highest BCUT2D eigenvalue weighted by atomic mass is 32.1. The zero-order chi connectivity index (χ0) is 11.9. The van der Waals surface area contributed by atoms with Gasteiger partial charge in [-0.3, -0.25) is 0 Å². The van der Waals surface area contributed by atoms with Gasteiger partial charge in [0.15, 0.2) is 0 Å². The molecule has 1 heterocycles. The Hall–Kier alpha value is -1.32. The van der Waals surface area contributed by atoms with Crippen LogP contribution in [0.5, 0.6) is 5.75 Å². The van der Waals surface area contributed by atoms with Gasteiger partial charge in [0.25, 0.3) is 0 Å². The molecule has 0 radical (unpaired) electrons. The summed E-state index contributed by atoms with van der Waals surface area (Å²) in [6, 6.07) is 10.4. The van der Waals surface area contributed by atoms with Gasteiger partial charge in [-0.05, 0) is 53.1 Å². The quantitative estimate of drug-likeness (QED) is 0.792. The second kappa shape index (κ2) is 6.42. The predicted molar refractivity (Wildman–Crippen MR) is 72.7 cm³/mol. The van der Waals surface area contributed by atoms with Crippen LogP contribution in [-0.4, -0.2) is 13.7 Å². The molecule has 0 fully saturated rings. The minimum Gasteiger partial charge on any atom is -0.497 e. The fourth-order valence-electron chi connectivity index (χ4n) is 1.64. The molecular formula is C14H17NOS. The van der Waals surface area contributed by atoms with Gasteiger partial charge in [-0.25, -0.2) is 0 Å². The van der Waals surface area contributed by atoms with Crippen LogP contribution in [0.25, 0.3) is 0 Å². The molecule has 2 rings (SSSR count). The molecule has 0 aliphatic heterocycles. The van der Waals surface area contributed by atoms with E-state index in [2.05, 4.69) is 34.3 Å². The summed E-state index contributed by atoms with van der Waals surface area (Å²) in [5.41, 5.74) is 2.70. The fourth-order valence-corrected chi connectivity index (χ4v) is 2.35. The summed E-state index contributed by atoms with van der Waals surface area (Å²) < 4.78 is 5.12. The lowest BCUT2D eigenvalue weighted by atomic mass is 10.2. The van der Waals surface area contributed by atoms with E-state index in [0.717, 1.165) is 25.3 Å². The summed E-state index contributed by atoms with van der Waals surface area (Å²) in [4.78, 5) is 0. The Morgan fingerprint density at radius 2 is 1.94 bits per heavy atom. The molecule has 0 saturated carbocycles. The van der Waals surface area contributed by atoms with E-state index in [9.17, 15) is 0 Å². The van der Waals surface area contributed by atoms with Gasteiger partial charge in [0.05, 0.1) is 7.11 Å². The van der Waals surface area contributed by atoms with Crippen LogP contribution in [0.2, 0.25) is 0 Å². The second-order valence-electron chi connectivity index (χ2n) is 3.91. The molecule has 0 unspecified atom stereocenters. The Bertz CT molecular complexity index is 422. The maximum Gasteiger partial charge on any atom is 0.118 e. The molecule has 2 nitrogen and oxygen atoms in total. The average Bonchev–Trinajstić information content (AvgIpc) is 2.88. The Kier molecular flexibility index (Phi) is 4.59. The highest BCUT2D eigenvalue weighted by Crippen LogP contribution is 2.11. The van der Waals surface area contributed by atoms with Crippen LogP contribution in [0, 0.1) is 0 Å². The van der Waals surface area contributed by atoms with Crippen LogP contribution in [0.1, 0.15) is 11.1 Å². The van der Waals surface area contributed by atoms with E-state index in [1.54, 1.807) is 18.4 Å². The van der Waals surface area contributed by atoms with E-state index < -0.39 is 0 Å². The van der Waals surface area contributed by atoms with Crippen molar-refractivity contribution in [3.63, 3.8) is 0 Å². The Morgan fingerprint density at radius 1 is 1.12 bits per heavy atom. The van der Waals surface area contributed by atoms with E-state index >= 15 is 0 Å². The molecule has 0 atom stereocenters. The number of benzene rings is 1. The molecule has 17 heavy (non-hydrogen) atoms. The van der Waals surface area contributed by atoms with Crippen LogP contribution < -0.4 is 10.1 Å². The standard InChI is InChI=1S/C14H17NOS/c1-16-14-4-2-12(3-5-14)10-15-8-6-13-7-9-17-11-13/h2-5,7,9,11,15H,6,8,10H2,1H3. The molecule has 0 aliphatic carbocycles. The van der Waals surface area contributed by atoms with Gasteiger partial charge in [0, 0.05) is 6.54 Å². The van der Waals surface area contributed by atoms with Crippen molar-refractivity contribution in [1.82, 2.24) is 5.32 Å². The third kappa shape index (κ3) is 3.88. The van der Waals surface area contributed by atoms with Crippen LogP contribution in [0.3, 0.4) is 0 Å². The SMILES string of the molecule is COc1ccc(CNCCc2ccsc2)cc1.